The number of likely N-dealkylation sites (tertiary alicyclic amines) is 1. The van der Waals surface area contributed by atoms with Crippen LogP contribution >= 0.6 is 0 Å². The van der Waals surface area contributed by atoms with Gasteiger partial charge in [0.25, 0.3) is 11.7 Å². The van der Waals surface area contributed by atoms with Crippen LogP contribution in [0.2, 0.25) is 0 Å². The van der Waals surface area contributed by atoms with E-state index in [0.717, 1.165) is 17.5 Å². The minimum absolute atomic E-state index is 0.00331. The number of carbonyl (C=O) groups is 2. The predicted molar refractivity (Wildman–Crippen MR) is 160 cm³/mol. The van der Waals surface area contributed by atoms with Crippen molar-refractivity contribution in [2.75, 3.05) is 13.7 Å². The number of hydrogen-bond acceptors (Lipinski definition) is 6. The van der Waals surface area contributed by atoms with Crippen molar-refractivity contribution in [1.29, 1.82) is 0 Å². The molecule has 1 N–H and O–H groups in total. The lowest BCUT2D eigenvalue weighted by Crippen LogP contribution is -2.29. The van der Waals surface area contributed by atoms with Crippen LogP contribution in [0.5, 0.6) is 17.2 Å². The van der Waals surface area contributed by atoms with Gasteiger partial charge in [0, 0.05) is 12.1 Å². The third kappa shape index (κ3) is 6.15. The number of ether oxygens (including phenoxy) is 3. The van der Waals surface area contributed by atoms with Crippen LogP contribution in [0.15, 0.2) is 109 Å². The van der Waals surface area contributed by atoms with Crippen LogP contribution in [0.1, 0.15) is 41.6 Å². The van der Waals surface area contributed by atoms with Crippen molar-refractivity contribution in [2.45, 2.75) is 32.5 Å². The molecule has 7 heteroatoms. The van der Waals surface area contributed by atoms with Crippen LogP contribution in [0, 0.1) is 0 Å². The molecule has 1 aliphatic rings. The summed E-state index contributed by atoms with van der Waals surface area (Å²) in [5, 5.41) is 11.5. The number of amides is 1. The van der Waals surface area contributed by atoms with Gasteiger partial charge in [0.1, 0.15) is 18.1 Å². The van der Waals surface area contributed by atoms with Crippen molar-refractivity contribution >= 4 is 17.4 Å². The predicted octanol–water partition coefficient (Wildman–Crippen LogP) is 6.68. The second-order valence-electron chi connectivity index (χ2n) is 9.97. The molecule has 1 fully saturated rings. The smallest absolute Gasteiger partial charge is 0.295 e. The average Bonchev–Trinajstić information content (AvgIpc) is 3.28. The number of rotatable bonds is 11. The second-order valence-corrected chi connectivity index (χ2v) is 9.97. The van der Waals surface area contributed by atoms with Crippen LogP contribution in [0.4, 0.5) is 0 Å². The van der Waals surface area contributed by atoms with Gasteiger partial charge in [0.2, 0.25) is 0 Å². The molecule has 7 nitrogen and oxygen atoms in total. The van der Waals surface area contributed by atoms with Crippen LogP contribution in [-0.4, -0.2) is 35.4 Å². The van der Waals surface area contributed by atoms with Gasteiger partial charge in [-0.05, 0) is 47.4 Å². The number of hydrogen-bond donors (Lipinski definition) is 1. The van der Waals surface area contributed by atoms with Gasteiger partial charge in [-0.3, -0.25) is 9.59 Å². The van der Waals surface area contributed by atoms with Crippen molar-refractivity contribution in [3.8, 4) is 17.2 Å². The fourth-order valence-corrected chi connectivity index (χ4v) is 4.99. The highest BCUT2D eigenvalue weighted by Crippen LogP contribution is 2.43. The lowest BCUT2D eigenvalue weighted by atomic mass is 9.94. The van der Waals surface area contributed by atoms with Crippen molar-refractivity contribution < 1.29 is 28.9 Å². The SMILES string of the molecule is CCCOc1cccc(/C(O)=C2\C(=O)C(=O)N(Cc3ccccc3)C2c2ccc(OCc3ccccc3)c(OC)c2)c1. The van der Waals surface area contributed by atoms with Gasteiger partial charge in [-0.15, -0.1) is 0 Å². The summed E-state index contributed by atoms with van der Waals surface area (Å²) in [6.07, 6.45) is 0.827. The molecule has 4 aromatic rings. The summed E-state index contributed by atoms with van der Waals surface area (Å²) >= 11 is 0. The van der Waals surface area contributed by atoms with E-state index < -0.39 is 17.7 Å². The first-order chi connectivity index (χ1) is 20.5. The van der Waals surface area contributed by atoms with Gasteiger partial charge >= 0.3 is 0 Å². The Morgan fingerprint density at radius 1 is 0.810 bits per heavy atom. The molecule has 1 atom stereocenters. The van der Waals surface area contributed by atoms with E-state index in [0.29, 0.717) is 41.6 Å². The molecule has 1 unspecified atom stereocenters. The fraction of sp³-hybridized carbons (Fsp3) is 0.200. The second kappa shape index (κ2) is 13.1. The average molecular weight is 564 g/mol. The summed E-state index contributed by atoms with van der Waals surface area (Å²) in [7, 11) is 1.54. The number of methoxy groups -OCH3 is 1. The highest BCUT2D eigenvalue weighted by molar-refractivity contribution is 6.46. The molecular formula is C35H33NO6. The quantitative estimate of drug-likeness (QED) is 0.124. The topological polar surface area (TPSA) is 85.3 Å². The third-order valence-corrected chi connectivity index (χ3v) is 7.06. The molecule has 1 amide bonds. The third-order valence-electron chi connectivity index (χ3n) is 7.06. The molecule has 0 saturated carbocycles. The van der Waals surface area contributed by atoms with Crippen molar-refractivity contribution in [1.82, 2.24) is 4.90 Å². The van der Waals surface area contributed by atoms with Crippen LogP contribution < -0.4 is 14.2 Å². The van der Waals surface area contributed by atoms with Crippen LogP contribution in [0.3, 0.4) is 0 Å². The Kier molecular flexibility index (Phi) is 8.87. The molecule has 0 spiro atoms. The first-order valence-corrected chi connectivity index (χ1v) is 13.9. The van der Waals surface area contributed by atoms with Gasteiger partial charge in [0.05, 0.1) is 25.3 Å². The maximum atomic E-state index is 13.5. The normalized spacial score (nSPS) is 16.0. The Balaban J connectivity index is 1.56. The monoisotopic (exact) mass is 563 g/mol. The van der Waals surface area contributed by atoms with Gasteiger partial charge in [-0.25, -0.2) is 0 Å². The first kappa shape index (κ1) is 28.5. The van der Waals surface area contributed by atoms with E-state index in [-0.39, 0.29) is 17.9 Å². The van der Waals surface area contributed by atoms with Gasteiger partial charge in [0.15, 0.2) is 11.5 Å². The molecule has 0 bridgehead atoms. The van der Waals surface area contributed by atoms with Gasteiger partial charge in [-0.2, -0.15) is 0 Å². The maximum absolute atomic E-state index is 13.5. The molecule has 4 aromatic carbocycles. The van der Waals surface area contributed by atoms with E-state index in [2.05, 4.69) is 0 Å². The lowest BCUT2D eigenvalue weighted by molar-refractivity contribution is -0.140. The maximum Gasteiger partial charge on any atom is 0.295 e. The Morgan fingerprint density at radius 2 is 1.52 bits per heavy atom. The summed E-state index contributed by atoms with van der Waals surface area (Å²) in [6.45, 7) is 3.05. The Hall–Kier alpha value is -5.04. The zero-order valence-electron chi connectivity index (χ0n) is 23.7. The zero-order valence-corrected chi connectivity index (χ0v) is 23.7. The molecule has 1 aliphatic heterocycles. The minimum atomic E-state index is -0.859. The summed E-state index contributed by atoms with van der Waals surface area (Å²) in [5.41, 5.74) is 2.86. The number of carbonyl (C=O) groups excluding carboxylic acids is 2. The zero-order chi connectivity index (χ0) is 29.5. The van der Waals surface area contributed by atoms with Crippen molar-refractivity contribution in [3.63, 3.8) is 0 Å². The Labute approximate surface area is 245 Å². The van der Waals surface area contributed by atoms with E-state index in [9.17, 15) is 14.7 Å². The highest BCUT2D eigenvalue weighted by atomic mass is 16.5. The van der Waals surface area contributed by atoms with E-state index >= 15 is 0 Å². The largest absolute Gasteiger partial charge is 0.507 e. The van der Waals surface area contributed by atoms with Gasteiger partial charge < -0.3 is 24.2 Å². The molecule has 0 radical (unpaired) electrons. The van der Waals surface area contributed by atoms with Gasteiger partial charge in [-0.1, -0.05) is 85.8 Å². The van der Waals surface area contributed by atoms with Crippen molar-refractivity contribution in [3.05, 3.63) is 131 Å². The Bertz CT molecular complexity index is 1580. The van der Waals surface area contributed by atoms with Crippen LogP contribution in [0.25, 0.3) is 5.76 Å². The molecule has 214 valence electrons. The van der Waals surface area contributed by atoms with E-state index in [1.54, 1.807) is 42.5 Å². The number of aliphatic hydroxyl groups excluding tert-OH is 1. The number of nitrogens with zero attached hydrogens (tertiary/aromatic N) is 1. The van der Waals surface area contributed by atoms with E-state index in [4.69, 9.17) is 14.2 Å². The first-order valence-electron chi connectivity index (χ1n) is 13.9. The molecule has 42 heavy (non-hydrogen) atoms. The summed E-state index contributed by atoms with van der Waals surface area (Å²) < 4.78 is 17.4. The lowest BCUT2D eigenvalue weighted by Gasteiger charge is -2.26. The van der Waals surface area contributed by atoms with Crippen LogP contribution in [-0.2, 0) is 22.7 Å². The number of benzene rings is 4. The summed E-state index contributed by atoms with van der Waals surface area (Å²) in [6, 6.07) is 30.6. The molecule has 0 aliphatic carbocycles. The molecule has 5 rings (SSSR count). The molecular weight excluding hydrogens is 530 g/mol. The Morgan fingerprint density at radius 3 is 2.21 bits per heavy atom. The summed E-state index contributed by atoms with van der Waals surface area (Å²) in [4.78, 5) is 28.5. The standard InChI is InChI=1S/C35H33NO6/c1-3-19-41-28-16-10-15-27(20-28)33(37)31-32(36(35(39)34(31)38)22-24-11-6-4-7-12-24)26-17-18-29(30(21-26)40-2)42-23-25-13-8-5-9-14-25/h4-18,20-21,32,37H,3,19,22-23H2,1-2H3/b33-31+. The molecule has 1 heterocycles. The summed E-state index contributed by atoms with van der Waals surface area (Å²) in [5.74, 6) is -0.171. The van der Waals surface area contributed by atoms with E-state index in [1.807, 2.05) is 67.6 Å². The number of ketones is 1. The molecule has 1 saturated heterocycles. The van der Waals surface area contributed by atoms with E-state index in [1.165, 1.54) is 12.0 Å². The molecule has 0 aromatic heterocycles. The number of Topliss-reactive ketones (excluding diaryl/α,β-unsaturated/α-hetero) is 1. The fourth-order valence-electron chi connectivity index (χ4n) is 4.99. The number of aliphatic hydroxyl groups is 1. The van der Waals surface area contributed by atoms with Crippen molar-refractivity contribution in [2.24, 2.45) is 0 Å². The minimum Gasteiger partial charge on any atom is -0.507 e. The highest BCUT2D eigenvalue weighted by Gasteiger charge is 2.46.